The molecule has 2 N–H and O–H groups in total. The van der Waals surface area contributed by atoms with E-state index in [1.54, 1.807) is 0 Å². The zero-order chi connectivity index (χ0) is 10.0. The lowest BCUT2D eigenvalue weighted by atomic mass is 10.3. The lowest BCUT2D eigenvalue weighted by Gasteiger charge is -2.21. The molecule has 4 heteroatoms. The Bertz CT molecular complexity index is 263. The Labute approximate surface area is 78.7 Å². The fourth-order valence-electron chi connectivity index (χ4n) is 0.953. The summed E-state index contributed by atoms with van der Waals surface area (Å²) >= 11 is 0. The number of likely N-dealkylation sites (N-methyl/N-ethyl adjacent to an activating group) is 1. The molecule has 0 amide bonds. The Kier molecular flexibility index (Phi) is 2.93. The Balaban J connectivity index is 2.82. The molecule has 4 nitrogen and oxygen atoms in total. The molecule has 1 heterocycles. The summed E-state index contributed by atoms with van der Waals surface area (Å²) < 4.78 is 5.46. The second-order valence-electron chi connectivity index (χ2n) is 3.33. The maximum absolute atomic E-state index is 5.54. The summed E-state index contributed by atoms with van der Waals surface area (Å²) in [6, 6.07) is 0.894. The van der Waals surface area contributed by atoms with Crippen molar-refractivity contribution in [2.75, 3.05) is 18.5 Å². The van der Waals surface area contributed by atoms with Crippen LogP contribution < -0.4 is 10.6 Å². The third-order valence-electron chi connectivity index (χ3n) is 2.32. The molecule has 1 unspecified atom stereocenters. The van der Waals surface area contributed by atoms with Gasteiger partial charge < -0.3 is 15.1 Å². The van der Waals surface area contributed by atoms with Crippen LogP contribution in [0.3, 0.4) is 0 Å². The van der Waals surface area contributed by atoms with Crippen molar-refractivity contribution in [2.24, 2.45) is 5.73 Å². The molecule has 0 aromatic carbocycles. The minimum atomic E-state index is 0.248. The van der Waals surface area contributed by atoms with Crippen LogP contribution in [0.5, 0.6) is 0 Å². The third-order valence-corrected chi connectivity index (χ3v) is 2.32. The largest absolute Gasteiger partial charge is 0.429 e. The summed E-state index contributed by atoms with van der Waals surface area (Å²) in [5.74, 6) is 0.867. The number of nitrogens with two attached hydrogens (primary N) is 1. The van der Waals surface area contributed by atoms with Crippen LogP contribution >= 0.6 is 0 Å². The molecule has 1 aromatic heterocycles. The molecule has 0 aliphatic carbocycles. The quantitative estimate of drug-likeness (QED) is 0.761. The highest BCUT2D eigenvalue weighted by atomic mass is 16.4. The molecular formula is C9H17N3O. The van der Waals surface area contributed by atoms with Crippen molar-refractivity contribution < 1.29 is 4.42 Å². The van der Waals surface area contributed by atoms with Crippen LogP contribution in [0.25, 0.3) is 0 Å². The van der Waals surface area contributed by atoms with Crippen molar-refractivity contribution in [1.29, 1.82) is 0 Å². The number of rotatable bonds is 3. The molecule has 0 bridgehead atoms. The van der Waals surface area contributed by atoms with E-state index in [0.717, 1.165) is 11.5 Å². The van der Waals surface area contributed by atoms with Gasteiger partial charge >= 0.3 is 0 Å². The van der Waals surface area contributed by atoms with Gasteiger partial charge in [0, 0.05) is 19.6 Å². The molecule has 13 heavy (non-hydrogen) atoms. The molecule has 0 aliphatic heterocycles. The lowest BCUT2D eigenvalue weighted by Crippen LogP contribution is -2.35. The first-order valence-electron chi connectivity index (χ1n) is 4.43. The topological polar surface area (TPSA) is 55.3 Å². The van der Waals surface area contributed by atoms with Crippen LogP contribution in [0.4, 0.5) is 6.01 Å². The van der Waals surface area contributed by atoms with Gasteiger partial charge in [-0.15, -0.1) is 0 Å². The van der Waals surface area contributed by atoms with Gasteiger partial charge in [-0.25, -0.2) is 0 Å². The molecule has 0 fully saturated rings. The number of oxazole rings is 1. The van der Waals surface area contributed by atoms with E-state index in [1.807, 2.05) is 32.7 Å². The monoisotopic (exact) mass is 183 g/mol. The fraction of sp³-hybridized carbons (Fsp3) is 0.667. The Hall–Kier alpha value is -1.03. The molecule has 0 saturated heterocycles. The number of aromatic nitrogens is 1. The molecule has 1 aromatic rings. The van der Waals surface area contributed by atoms with Gasteiger partial charge in [-0.2, -0.15) is 4.98 Å². The van der Waals surface area contributed by atoms with Crippen LogP contribution in [-0.4, -0.2) is 24.6 Å². The summed E-state index contributed by atoms with van der Waals surface area (Å²) in [4.78, 5) is 6.23. The van der Waals surface area contributed by atoms with Crippen LogP contribution in [-0.2, 0) is 0 Å². The summed E-state index contributed by atoms with van der Waals surface area (Å²) in [5.41, 5.74) is 6.48. The van der Waals surface area contributed by atoms with Crippen molar-refractivity contribution in [1.82, 2.24) is 4.98 Å². The average molecular weight is 183 g/mol. The minimum absolute atomic E-state index is 0.248. The Morgan fingerprint density at radius 1 is 1.54 bits per heavy atom. The number of anilines is 1. The second-order valence-corrected chi connectivity index (χ2v) is 3.33. The molecule has 0 aliphatic rings. The van der Waals surface area contributed by atoms with Gasteiger partial charge in [-0.3, -0.25) is 0 Å². The average Bonchev–Trinajstić information content (AvgIpc) is 2.44. The van der Waals surface area contributed by atoms with Crippen LogP contribution in [0.1, 0.15) is 18.4 Å². The highest BCUT2D eigenvalue weighted by molar-refractivity contribution is 5.29. The first-order chi connectivity index (χ1) is 6.06. The SMILES string of the molecule is Cc1nc(N(C)C(C)CN)oc1C. The number of hydrogen-bond acceptors (Lipinski definition) is 4. The van der Waals surface area contributed by atoms with Gasteiger partial charge in [-0.05, 0) is 20.8 Å². The second kappa shape index (κ2) is 3.79. The van der Waals surface area contributed by atoms with Crippen molar-refractivity contribution in [3.63, 3.8) is 0 Å². The summed E-state index contributed by atoms with van der Waals surface area (Å²) in [5, 5.41) is 0. The fourth-order valence-corrected chi connectivity index (χ4v) is 0.953. The summed E-state index contributed by atoms with van der Waals surface area (Å²) in [6.07, 6.45) is 0. The van der Waals surface area contributed by atoms with E-state index in [2.05, 4.69) is 4.98 Å². The third kappa shape index (κ3) is 2.01. The predicted octanol–water partition coefficient (Wildman–Crippen LogP) is 1.07. The van der Waals surface area contributed by atoms with E-state index in [9.17, 15) is 0 Å². The van der Waals surface area contributed by atoms with Gasteiger partial charge in [0.25, 0.3) is 6.01 Å². The highest BCUT2D eigenvalue weighted by Gasteiger charge is 2.14. The molecule has 0 saturated carbocycles. The highest BCUT2D eigenvalue weighted by Crippen LogP contribution is 2.17. The van der Waals surface area contributed by atoms with Gasteiger partial charge in [-0.1, -0.05) is 0 Å². The molecule has 0 radical (unpaired) electrons. The first kappa shape index (κ1) is 10.1. The number of nitrogens with zero attached hydrogens (tertiary/aromatic N) is 2. The van der Waals surface area contributed by atoms with Gasteiger partial charge in [0.1, 0.15) is 5.76 Å². The van der Waals surface area contributed by atoms with E-state index in [0.29, 0.717) is 12.6 Å². The summed E-state index contributed by atoms with van der Waals surface area (Å²) in [7, 11) is 1.93. The zero-order valence-electron chi connectivity index (χ0n) is 8.66. The van der Waals surface area contributed by atoms with E-state index in [-0.39, 0.29) is 6.04 Å². The minimum Gasteiger partial charge on any atom is -0.429 e. The van der Waals surface area contributed by atoms with E-state index >= 15 is 0 Å². The standard InChI is InChI=1S/C9H17N3O/c1-6(5-10)12(4)9-11-7(2)8(3)13-9/h6H,5,10H2,1-4H3. The Morgan fingerprint density at radius 3 is 2.54 bits per heavy atom. The van der Waals surface area contributed by atoms with Crippen molar-refractivity contribution in [3.05, 3.63) is 11.5 Å². The lowest BCUT2D eigenvalue weighted by molar-refractivity contribution is 0.500. The first-order valence-corrected chi connectivity index (χ1v) is 4.43. The van der Waals surface area contributed by atoms with Gasteiger partial charge in [0.2, 0.25) is 0 Å². The van der Waals surface area contributed by atoms with Crippen LogP contribution in [0.2, 0.25) is 0 Å². The molecule has 74 valence electrons. The normalized spacial score (nSPS) is 13.0. The van der Waals surface area contributed by atoms with Gasteiger partial charge in [0.05, 0.1) is 5.69 Å². The molecule has 1 atom stereocenters. The van der Waals surface area contributed by atoms with Crippen LogP contribution in [0, 0.1) is 13.8 Å². The molecule has 0 spiro atoms. The summed E-state index contributed by atoms with van der Waals surface area (Å²) in [6.45, 7) is 6.47. The van der Waals surface area contributed by atoms with Crippen molar-refractivity contribution >= 4 is 6.01 Å². The van der Waals surface area contributed by atoms with Crippen molar-refractivity contribution in [2.45, 2.75) is 26.8 Å². The van der Waals surface area contributed by atoms with Crippen LogP contribution in [0.15, 0.2) is 4.42 Å². The zero-order valence-corrected chi connectivity index (χ0v) is 8.66. The Morgan fingerprint density at radius 2 is 2.15 bits per heavy atom. The van der Waals surface area contributed by atoms with E-state index < -0.39 is 0 Å². The van der Waals surface area contributed by atoms with Crippen molar-refractivity contribution in [3.8, 4) is 0 Å². The number of aryl methyl sites for hydroxylation is 2. The maximum Gasteiger partial charge on any atom is 0.297 e. The number of hydrogen-bond donors (Lipinski definition) is 1. The molecular weight excluding hydrogens is 166 g/mol. The van der Waals surface area contributed by atoms with E-state index in [1.165, 1.54) is 0 Å². The van der Waals surface area contributed by atoms with E-state index in [4.69, 9.17) is 10.2 Å². The molecule has 1 rings (SSSR count). The maximum atomic E-state index is 5.54. The smallest absolute Gasteiger partial charge is 0.297 e. The predicted molar refractivity (Wildman–Crippen MR) is 52.9 cm³/mol. The van der Waals surface area contributed by atoms with Gasteiger partial charge in [0.15, 0.2) is 0 Å².